The third-order valence-electron chi connectivity index (χ3n) is 4.64. The molecule has 3 rings (SSSR count). The van der Waals surface area contributed by atoms with Crippen LogP contribution in [0.3, 0.4) is 0 Å². The Morgan fingerprint density at radius 2 is 1.90 bits per heavy atom. The first-order valence-electron chi connectivity index (χ1n) is 9.82. The van der Waals surface area contributed by atoms with Crippen molar-refractivity contribution >= 4 is 5.82 Å². The van der Waals surface area contributed by atoms with Gasteiger partial charge in [-0.05, 0) is 37.1 Å². The average molecular weight is 393 g/mol. The van der Waals surface area contributed by atoms with Crippen LogP contribution in [0.25, 0.3) is 0 Å². The van der Waals surface area contributed by atoms with Crippen LogP contribution in [0.1, 0.15) is 25.1 Å². The van der Waals surface area contributed by atoms with E-state index in [1.807, 2.05) is 19.9 Å². The Morgan fingerprint density at radius 1 is 1.14 bits per heavy atom. The summed E-state index contributed by atoms with van der Waals surface area (Å²) >= 11 is 0. The number of nitrogens with zero attached hydrogens (tertiary/aromatic N) is 5. The molecule has 7 heteroatoms. The van der Waals surface area contributed by atoms with Gasteiger partial charge in [0, 0.05) is 45.1 Å². The lowest BCUT2D eigenvalue weighted by Crippen LogP contribution is -2.46. The summed E-state index contributed by atoms with van der Waals surface area (Å²) in [6.45, 7) is 13.1. The summed E-state index contributed by atoms with van der Waals surface area (Å²) in [4.78, 5) is 13.0. The van der Waals surface area contributed by atoms with E-state index < -0.39 is 0 Å². The lowest BCUT2D eigenvalue weighted by atomic mass is 10.1. The van der Waals surface area contributed by atoms with Crippen molar-refractivity contribution in [1.29, 1.82) is 5.26 Å². The van der Waals surface area contributed by atoms with E-state index in [0.717, 1.165) is 49.8 Å². The number of anilines is 1. The summed E-state index contributed by atoms with van der Waals surface area (Å²) in [5.74, 6) is 2.19. The minimum Gasteiger partial charge on any atom is -0.490 e. The van der Waals surface area contributed by atoms with Gasteiger partial charge in [0.05, 0.1) is 6.61 Å². The molecular formula is C22H27N5O2. The van der Waals surface area contributed by atoms with E-state index in [0.29, 0.717) is 24.7 Å². The molecule has 2 heterocycles. The van der Waals surface area contributed by atoms with E-state index in [1.54, 1.807) is 12.4 Å². The van der Waals surface area contributed by atoms with Crippen molar-refractivity contribution in [1.82, 2.24) is 14.9 Å². The molecule has 0 atom stereocenters. The van der Waals surface area contributed by atoms with Crippen molar-refractivity contribution in [3.8, 4) is 17.6 Å². The lowest BCUT2D eigenvalue weighted by molar-refractivity contribution is 0.248. The van der Waals surface area contributed by atoms with Gasteiger partial charge < -0.3 is 14.4 Å². The van der Waals surface area contributed by atoms with E-state index in [-0.39, 0.29) is 0 Å². The van der Waals surface area contributed by atoms with Crippen LogP contribution in [-0.4, -0.2) is 54.3 Å². The molecule has 2 aromatic rings. The molecule has 0 spiro atoms. The highest BCUT2D eigenvalue weighted by Crippen LogP contribution is 2.29. The maximum absolute atomic E-state index is 9.24. The van der Waals surface area contributed by atoms with Gasteiger partial charge in [0.15, 0.2) is 23.0 Å². The Bertz CT molecular complexity index is 885. The average Bonchev–Trinajstić information content (AvgIpc) is 2.74. The van der Waals surface area contributed by atoms with E-state index in [9.17, 15) is 5.26 Å². The summed E-state index contributed by atoms with van der Waals surface area (Å²) in [5.41, 5.74) is 2.53. The van der Waals surface area contributed by atoms with E-state index in [1.165, 1.54) is 5.56 Å². The number of hydrogen-bond donors (Lipinski definition) is 0. The maximum Gasteiger partial charge on any atom is 0.183 e. The van der Waals surface area contributed by atoms with Gasteiger partial charge in [-0.1, -0.05) is 12.6 Å². The van der Waals surface area contributed by atoms with E-state index in [2.05, 4.69) is 44.5 Å². The molecule has 7 nitrogen and oxygen atoms in total. The van der Waals surface area contributed by atoms with Crippen molar-refractivity contribution in [2.45, 2.75) is 20.4 Å². The fourth-order valence-corrected chi connectivity index (χ4v) is 3.26. The summed E-state index contributed by atoms with van der Waals surface area (Å²) in [7, 11) is 0. The van der Waals surface area contributed by atoms with E-state index in [4.69, 9.17) is 9.47 Å². The molecule has 0 bridgehead atoms. The SMILES string of the molecule is C=C(C)COc1ccc(CN2CCN(c3nccnc3C#N)CC2)cc1OCC. The van der Waals surface area contributed by atoms with Crippen molar-refractivity contribution in [3.63, 3.8) is 0 Å². The molecule has 0 N–H and O–H groups in total. The van der Waals surface area contributed by atoms with Gasteiger partial charge in [0.1, 0.15) is 12.7 Å². The second-order valence-corrected chi connectivity index (χ2v) is 7.06. The van der Waals surface area contributed by atoms with Gasteiger partial charge in [0.25, 0.3) is 0 Å². The van der Waals surface area contributed by atoms with Crippen LogP contribution < -0.4 is 14.4 Å². The summed E-state index contributed by atoms with van der Waals surface area (Å²) in [5, 5.41) is 9.24. The topological polar surface area (TPSA) is 74.5 Å². The summed E-state index contributed by atoms with van der Waals surface area (Å²) < 4.78 is 11.6. The van der Waals surface area contributed by atoms with Crippen molar-refractivity contribution in [2.24, 2.45) is 0 Å². The first-order valence-corrected chi connectivity index (χ1v) is 9.82. The number of piperazine rings is 1. The Hall–Kier alpha value is -3.11. The second kappa shape index (κ2) is 9.89. The Morgan fingerprint density at radius 3 is 2.59 bits per heavy atom. The molecule has 0 saturated carbocycles. The molecule has 152 valence electrons. The van der Waals surface area contributed by atoms with Crippen LogP contribution in [0.5, 0.6) is 11.5 Å². The van der Waals surface area contributed by atoms with Gasteiger partial charge >= 0.3 is 0 Å². The molecule has 1 aromatic carbocycles. The number of rotatable bonds is 8. The Kier molecular flexibility index (Phi) is 7.04. The molecule has 0 unspecified atom stereocenters. The van der Waals surface area contributed by atoms with Crippen LogP contribution >= 0.6 is 0 Å². The summed E-state index contributed by atoms with van der Waals surface area (Å²) in [6.07, 6.45) is 3.19. The largest absolute Gasteiger partial charge is 0.490 e. The number of aromatic nitrogens is 2. The molecule has 0 aliphatic carbocycles. The zero-order valence-electron chi connectivity index (χ0n) is 17.1. The predicted octanol–water partition coefficient (Wildman–Crippen LogP) is 3.02. The highest BCUT2D eigenvalue weighted by atomic mass is 16.5. The predicted molar refractivity (Wildman–Crippen MR) is 112 cm³/mol. The molecule has 1 saturated heterocycles. The first kappa shape index (κ1) is 20.6. The molecule has 1 aromatic heterocycles. The fourth-order valence-electron chi connectivity index (χ4n) is 3.26. The Labute approximate surface area is 172 Å². The number of ether oxygens (including phenoxy) is 2. The number of hydrogen-bond acceptors (Lipinski definition) is 7. The van der Waals surface area contributed by atoms with Crippen LogP contribution in [-0.2, 0) is 6.54 Å². The second-order valence-electron chi connectivity index (χ2n) is 7.06. The lowest BCUT2D eigenvalue weighted by Gasteiger charge is -2.35. The smallest absolute Gasteiger partial charge is 0.183 e. The minimum absolute atomic E-state index is 0.382. The van der Waals surface area contributed by atoms with Crippen LogP contribution in [0.15, 0.2) is 42.7 Å². The van der Waals surface area contributed by atoms with Crippen LogP contribution in [0.2, 0.25) is 0 Å². The molecule has 29 heavy (non-hydrogen) atoms. The van der Waals surface area contributed by atoms with Gasteiger partial charge in [-0.2, -0.15) is 5.26 Å². The highest BCUT2D eigenvalue weighted by molar-refractivity contribution is 5.49. The molecule has 1 aliphatic rings. The van der Waals surface area contributed by atoms with Gasteiger partial charge in [-0.3, -0.25) is 4.90 Å². The van der Waals surface area contributed by atoms with Gasteiger partial charge in [0.2, 0.25) is 0 Å². The molecule has 0 radical (unpaired) electrons. The van der Waals surface area contributed by atoms with Gasteiger partial charge in [-0.15, -0.1) is 0 Å². The fraction of sp³-hybridized carbons (Fsp3) is 0.409. The van der Waals surface area contributed by atoms with E-state index >= 15 is 0 Å². The Balaban J connectivity index is 1.62. The zero-order valence-corrected chi connectivity index (χ0v) is 17.1. The molecular weight excluding hydrogens is 366 g/mol. The quantitative estimate of drug-likeness (QED) is 0.638. The third kappa shape index (κ3) is 5.46. The number of benzene rings is 1. The normalized spacial score (nSPS) is 14.3. The van der Waals surface area contributed by atoms with Crippen molar-refractivity contribution < 1.29 is 9.47 Å². The maximum atomic E-state index is 9.24. The van der Waals surface area contributed by atoms with Crippen molar-refractivity contribution in [2.75, 3.05) is 44.3 Å². The van der Waals surface area contributed by atoms with Crippen molar-refractivity contribution in [3.05, 3.63) is 54.0 Å². The highest BCUT2D eigenvalue weighted by Gasteiger charge is 2.21. The monoisotopic (exact) mass is 393 g/mol. The third-order valence-corrected chi connectivity index (χ3v) is 4.64. The van der Waals surface area contributed by atoms with Gasteiger partial charge in [-0.25, -0.2) is 9.97 Å². The first-order chi connectivity index (χ1) is 14.1. The number of nitriles is 1. The molecule has 1 aliphatic heterocycles. The molecule has 0 amide bonds. The van der Waals surface area contributed by atoms with Crippen LogP contribution in [0, 0.1) is 11.3 Å². The summed E-state index contributed by atoms with van der Waals surface area (Å²) in [6, 6.07) is 8.23. The zero-order chi connectivity index (χ0) is 20.6. The van der Waals surface area contributed by atoms with Crippen LogP contribution in [0.4, 0.5) is 5.82 Å². The molecule has 1 fully saturated rings. The minimum atomic E-state index is 0.382. The standard InChI is InChI=1S/C22H27N5O2/c1-4-28-21-13-18(5-6-20(21)29-16-17(2)3)15-26-9-11-27(12-10-26)22-19(14-23)24-7-8-25-22/h5-8,13H,2,4,9-12,15-16H2,1,3H3.